The topological polar surface area (TPSA) is 91.1 Å². The molecule has 0 saturated carbocycles. The van der Waals surface area contributed by atoms with Gasteiger partial charge >= 0.3 is 5.97 Å². The summed E-state index contributed by atoms with van der Waals surface area (Å²) in [6.45, 7) is 1.31. The highest BCUT2D eigenvalue weighted by Crippen LogP contribution is 2.24. The molecular weight excluding hydrogens is 312 g/mol. The third kappa shape index (κ3) is 3.29. The van der Waals surface area contributed by atoms with Gasteiger partial charge in [-0.1, -0.05) is 0 Å². The van der Waals surface area contributed by atoms with Gasteiger partial charge in [-0.2, -0.15) is 0 Å². The first-order valence-electron chi connectivity index (χ1n) is 8.44. The Hall–Kier alpha value is -2.31. The Morgan fingerprint density at radius 3 is 2.67 bits per heavy atom. The van der Waals surface area contributed by atoms with Gasteiger partial charge in [-0.3, -0.25) is 14.4 Å². The zero-order chi connectivity index (χ0) is 17.1. The van der Waals surface area contributed by atoms with Gasteiger partial charge in [0.15, 0.2) is 5.76 Å². The Kier molecular flexibility index (Phi) is 4.87. The molecule has 2 aliphatic rings. The van der Waals surface area contributed by atoms with Gasteiger partial charge in [0.1, 0.15) is 6.04 Å². The van der Waals surface area contributed by atoms with Crippen LogP contribution in [0.3, 0.4) is 0 Å². The van der Waals surface area contributed by atoms with E-state index >= 15 is 0 Å². The summed E-state index contributed by atoms with van der Waals surface area (Å²) >= 11 is 0. The molecule has 2 atom stereocenters. The number of hydrogen-bond acceptors (Lipinski definition) is 4. The standard InChI is InChI=1S/C17H22N2O5/c20-15(18-8-3-5-12(11-18)17(22)23)13-6-1-2-9-19(13)16(21)14-7-4-10-24-14/h4,7,10,12-13H,1-3,5-6,8-9,11H2,(H,22,23)/t12-,13+/m0/s1. The van der Waals surface area contributed by atoms with Gasteiger partial charge < -0.3 is 19.3 Å². The minimum absolute atomic E-state index is 0.138. The van der Waals surface area contributed by atoms with Crippen molar-refractivity contribution in [2.75, 3.05) is 19.6 Å². The summed E-state index contributed by atoms with van der Waals surface area (Å²) in [5.74, 6) is -1.55. The molecule has 2 saturated heterocycles. The summed E-state index contributed by atoms with van der Waals surface area (Å²) in [7, 11) is 0. The average Bonchev–Trinajstić information content (AvgIpc) is 3.15. The average molecular weight is 334 g/mol. The number of rotatable bonds is 3. The summed E-state index contributed by atoms with van der Waals surface area (Å²) in [6.07, 6.45) is 5.07. The van der Waals surface area contributed by atoms with E-state index in [9.17, 15) is 19.5 Å². The van der Waals surface area contributed by atoms with Crippen molar-refractivity contribution in [2.45, 2.75) is 38.1 Å². The lowest BCUT2D eigenvalue weighted by atomic mass is 9.95. The third-order valence-electron chi connectivity index (χ3n) is 4.86. The van der Waals surface area contributed by atoms with Crippen LogP contribution in [0.15, 0.2) is 22.8 Å². The highest BCUT2D eigenvalue weighted by molar-refractivity contribution is 5.95. The fraction of sp³-hybridized carbons (Fsp3) is 0.588. The SMILES string of the molecule is O=C(O)[C@H]1CCCN(C(=O)[C@H]2CCCCN2C(=O)c2ccco2)C1. The molecule has 0 unspecified atom stereocenters. The second kappa shape index (κ2) is 7.07. The van der Waals surface area contributed by atoms with Crippen molar-refractivity contribution in [1.29, 1.82) is 0 Å². The van der Waals surface area contributed by atoms with Gasteiger partial charge in [-0.05, 0) is 44.2 Å². The summed E-state index contributed by atoms with van der Waals surface area (Å²) in [6, 6.07) is 2.72. The number of nitrogens with zero attached hydrogens (tertiary/aromatic N) is 2. The van der Waals surface area contributed by atoms with Gasteiger partial charge in [0.05, 0.1) is 12.2 Å². The molecule has 0 aromatic carbocycles. The van der Waals surface area contributed by atoms with Crippen molar-refractivity contribution in [2.24, 2.45) is 5.92 Å². The number of amides is 2. The van der Waals surface area contributed by atoms with Crippen LogP contribution >= 0.6 is 0 Å². The first kappa shape index (κ1) is 16.5. The summed E-state index contributed by atoms with van der Waals surface area (Å²) < 4.78 is 5.18. The maximum atomic E-state index is 12.9. The van der Waals surface area contributed by atoms with Crippen LogP contribution in [0.1, 0.15) is 42.7 Å². The molecule has 0 bridgehead atoms. The maximum absolute atomic E-state index is 12.9. The minimum atomic E-state index is -0.861. The van der Waals surface area contributed by atoms with E-state index in [2.05, 4.69) is 0 Å². The van der Waals surface area contributed by atoms with E-state index < -0.39 is 17.9 Å². The summed E-state index contributed by atoms with van der Waals surface area (Å²) in [4.78, 5) is 39.9. The van der Waals surface area contributed by atoms with E-state index in [1.54, 1.807) is 21.9 Å². The number of aliphatic carboxylic acids is 1. The van der Waals surface area contributed by atoms with Crippen LogP contribution < -0.4 is 0 Å². The lowest BCUT2D eigenvalue weighted by Gasteiger charge is -2.39. The summed E-state index contributed by atoms with van der Waals surface area (Å²) in [5, 5.41) is 9.20. The number of carbonyl (C=O) groups is 3. The molecular formula is C17H22N2O5. The second-order valence-corrected chi connectivity index (χ2v) is 6.45. The van der Waals surface area contributed by atoms with Gasteiger partial charge in [-0.15, -0.1) is 0 Å². The van der Waals surface area contributed by atoms with Crippen LogP contribution in [0.25, 0.3) is 0 Å². The van der Waals surface area contributed by atoms with Crippen molar-refractivity contribution < 1.29 is 23.9 Å². The fourth-order valence-electron chi connectivity index (χ4n) is 3.56. The molecule has 24 heavy (non-hydrogen) atoms. The van der Waals surface area contributed by atoms with E-state index in [1.165, 1.54) is 6.26 Å². The highest BCUT2D eigenvalue weighted by Gasteiger charge is 2.38. The number of hydrogen-bond donors (Lipinski definition) is 1. The molecule has 2 amide bonds. The number of carboxylic acid groups (broad SMARTS) is 1. The zero-order valence-corrected chi connectivity index (χ0v) is 13.5. The lowest BCUT2D eigenvalue weighted by Crippen LogP contribution is -2.55. The molecule has 1 N–H and O–H groups in total. The zero-order valence-electron chi connectivity index (χ0n) is 13.5. The molecule has 7 nitrogen and oxygen atoms in total. The molecule has 0 aliphatic carbocycles. The minimum Gasteiger partial charge on any atom is -0.481 e. The van der Waals surface area contributed by atoms with Crippen molar-refractivity contribution in [3.63, 3.8) is 0 Å². The number of furan rings is 1. The van der Waals surface area contributed by atoms with Crippen molar-refractivity contribution in [1.82, 2.24) is 9.80 Å². The number of carbonyl (C=O) groups excluding carboxylic acids is 2. The molecule has 7 heteroatoms. The fourth-order valence-corrected chi connectivity index (χ4v) is 3.56. The number of piperidine rings is 2. The van der Waals surface area contributed by atoms with E-state index in [0.717, 1.165) is 12.8 Å². The van der Waals surface area contributed by atoms with E-state index in [0.29, 0.717) is 32.4 Å². The predicted molar refractivity (Wildman–Crippen MR) is 84.3 cm³/mol. The maximum Gasteiger partial charge on any atom is 0.308 e. The monoisotopic (exact) mass is 334 g/mol. The molecule has 0 spiro atoms. The highest BCUT2D eigenvalue weighted by atomic mass is 16.4. The third-order valence-corrected chi connectivity index (χ3v) is 4.86. The van der Waals surface area contributed by atoms with Gasteiger partial charge in [0.2, 0.25) is 5.91 Å². The molecule has 1 aromatic rings. The van der Waals surface area contributed by atoms with Crippen LogP contribution in [-0.4, -0.2) is 58.4 Å². The molecule has 1 aromatic heterocycles. The molecule has 130 valence electrons. The lowest BCUT2D eigenvalue weighted by molar-refractivity contribution is -0.147. The van der Waals surface area contributed by atoms with E-state index in [4.69, 9.17) is 4.42 Å². The first-order chi connectivity index (χ1) is 11.6. The first-order valence-corrected chi connectivity index (χ1v) is 8.44. The molecule has 2 fully saturated rings. The largest absolute Gasteiger partial charge is 0.481 e. The normalized spacial score (nSPS) is 24.7. The van der Waals surface area contributed by atoms with Crippen molar-refractivity contribution in [3.8, 4) is 0 Å². The Morgan fingerprint density at radius 2 is 1.96 bits per heavy atom. The van der Waals surface area contributed by atoms with Gasteiger partial charge in [0.25, 0.3) is 5.91 Å². The van der Waals surface area contributed by atoms with E-state index in [1.807, 2.05) is 0 Å². The van der Waals surface area contributed by atoms with Crippen molar-refractivity contribution in [3.05, 3.63) is 24.2 Å². The number of likely N-dealkylation sites (tertiary alicyclic amines) is 2. The Bertz CT molecular complexity index is 613. The quantitative estimate of drug-likeness (QED) is 0.906. The van der Waals surface area contributed by atoms with Crippen LogP contribution in [0.5, 0.6) is 0 Å². The van der Waals surface area contributed by atoms with Crippen LogP contribution in [-0.2, 0) is 9.59 Å². The Morgan fingerprint density at radius 1 is 1.12 bits per heavy atom. The number of carboxylic acids is 1. The van der Waals surface area contributed by atoms with E-state index in [-0.39, 0.29) is 24.1 Å². The van der Waals surface area contributed by atoms with Crippen molar-refractivity contribution >= 4 is 17.8 Å². The van der Waals surface area contributed by atoms with Crippen LogP contribution in [0, 0.1) is 5.92 Å². The van der Waals surface area contributed by atoms with Gasteiger partial charge in [-0.25, -0.2) is 0 Å². The van der Waals surface area contributed by atoms with Crippen LogP contribution in [0.2, 0.25) is 0 Å². The predicted octanol–water partition coefficient (Wildman–Crippen LogP) is 1.60. The Labute approximate surface area is 140 Å². The van der Waals surface area contributed by atoms with Gasteiger partial charge in [0, 0.05) is 19.6 Å². The summed E-state index contributed by atoms with van der Waals surface area (Å²) in [5.41, 5.74) is 0. The molecule has 0 radical (unpaired) electrons. The molecule has 2 aliphatic heterocycles. The molecule has 3 rings (SSSR count). The Balaban J connectivity index is 1.74. The smallest absolute Gasteiger partial charge is 0.308 e. The second-order valence-electron chi connectivity index (χ2n) is 6.45. The molecule has 3 heterocycles. The van der Waals surface area contributed by atoms with Crippen LogP contribution in [0.4, 0.5) is 0 Å².